The minimum atomic E-state index is -4.01. The van der Waals surface area contributed by atoms with Gasteiger partial charge in [0.15, 0.2) is 11.5 Å². The number of rotatable bonds is 11. The van der Waals surface area contributed by atoms with Crippen molar-refractivity contribution < 1.29 is 27.8 Å². The lowest BCUT2D eigenvalue weighted by atomic mass is 10.2. The number of nitrogens with one attached hydrogen (secondary N) is 2. The van der Waals surface area contributed by atoms with Gasteiger partial charge in [0.25, 0.3) is 0 Å². The second-order valence-electron chi connectivity index (χ2n) is 6.21. The first-order valence-electron chi connectivity index (χ1n) is 8.85. The fraction of sp³-hybridized carbons (Fsp3) is 0.471. The molecular weight excluding hydrogens is 402 g/mol. The van der Waals surface area contributed by atoms with Crippen LogP contribution in [0.15, 0.2) is 18.5 Å². The summed E-state index contributed by atoms with van der Waals surface area (Å²) in [5.41, 5.74) is 0.736. The Morgan fingerprint density at radius 3 is 2.48 bits per heavy atom. The summed E-state index contributed by atoms with van der Waals surface area (Å²) in [5.74, 6) is 1.93. The third-order valence-corrected chi connectivity index (χ3v) is 5.19. The van der Waals surface area contributed by atoms with Crippen molar-refractivity contribution in [2.75, 3.05) is 39.3 Å². The number of aromatic nitrogens is 2. The normalized spacial score (nSPS) is 11.3. The van der Waals surface area contributed by atoms with E-state index in [2.05, 4.69) is 14.7 Å². The topological polar surface area (TPSA) is 143 Å². The summed E-state index contributed by atoms with van der Waals surface area (Å²) in [4.78, 5) is 21.0. The second kappa shape index (κ2) is 10.1. The van der Waals surface area contributed by atoms with Gasteiger partial charge < -0.3 is 19.5 Å². The Morgan fingerprint density at radius 2 is 1.83 bits per heavy atom. The second-order valence-corrected chi connectivity index (χ2v) is 7.71. The molecule has 12 heteroatoms. The van der Waals surface area contributed by atoms with Crippen molar-refractivity contribution in [2.45, 2.75) is 19.3 Å². The molecule has 1 aromatic carbocycles. The van der Waals surface area contributed by atoms with Crippen LogP contribution in [0.1, 0.15) is 19.3 Å². The first-order valence-corrected chi connectivity index (χ1v) is 10.3. The molecule has 0 saturated carbocycles. The first kappa shape index (κ1) is 22.4. The molecule has 0 unspecified atom stereocenters. The highest BCUT2D eigenvalue weighted by Crippen LogP contribution is 2.34. The van der Waals surface area contributed by atoms with Crippen LogP contribution in [0.5, 0.6) is 11.5 Å². The van der Waals surface area contributed by atoms with Crippen molar-refractivity contribution in [2.24, 2.45) is 0 Å². The number of methoxy groups -OCH3 is 2. The van der Waals surface area contributed by atoms with E-state index < -0.39 is 16.3 Å². The van der Waals surface area contributed by atoms with E-state index in [0.717, 1.165) is 29.6 Å². The Bertz CT molecular complexity index is 953. The van der Waals surface area contributed by atoms with Crippen LogP contribution in [0.3, 0.4) is 0 Å². The molecule has 2 aromatic rings. The fourth-order valence-corrected chi connectivity index (χ4v) is 3.50. The number of amides is 1. The maximum absolute atomic E-state index is 11.3. The smallest absolute Gasteiger partial charge is 0.419 e. The van der Waals surface area contributed by atoms with Crippen LogP contribution < -0.4 is 23.8 Å². The molecule has 1 heterocycles. The number of fused-ring (bicyclic) bond motifs is 1. The van der Waals surface area contributed by atoms with E-state index in [9.17, 15) is 13.2 Å². The minimum absolute atomic E-state index is 0.153. The van der Waals surface area contributed by atoms with Gasteiger partial charge in [0, 0.05) is 31.6 Å². The third kappa shape index (κ3) is 6.32. The Morgan fingerprint density at radius 1 is 1.14 bits per heavy atom. The van der Waals surface area contributed by atoms with Crippen molar-refractivity contribution in [1.82, 2.24) is 19.4 Å². The van der Waals surface area contributed by atoms with E-state index in [-0.39, 0.29) is 6.54 Å². The Labute approximate surface area is 169 Å². The highest BCUT2D eigenvalue weighted by Gasteiger charge is 2.14. The van der Waals surface area contributed by atoms with E-state index in [0.29, 0.717) is 24.5 Å². The quantitative estimate of drug-likeness (QED) is 0.453. The monoisotopic (exact) mass is 427 g/mol. The Balaban J connectivity index is 1.92. The maximum atomic E-state index is 11.3. The van der Waals surface area contributed by atoms with E-state index >= 15 is 0 Å². The molecule has 0 radical (unpaired) electrons. The van der Waals surface area contributed by atoms with Crippen LogP contribution >= 0.6 is 0 Å². The van der Waals surface area contributed by atoms with Crippen molar-refractivity contribution >= 4 is 33.0 Å². The zero-order valence-electron chi connectivity index (χ0n) is 16.5. The molecule has 3 N–H and O–H groups in total. The SMILES string of the molecule is COc1cc2ncnc(N(C)CCCCCNS(=O)(=O)NC(=O)O)c2cc1OC. The molecule has 0 aliphatic carbocycles. The van der Waals surface area contributed by atoms with Crippen LogP contribution in [-0.4, -0.2) is 63.9 Å². The number of carbonyl (C=O) groups is 1. The molecule has 0 aliphatic rings. The molecule has 0 atom stereocenters. The highest BCUT2D eigenvalue weighted by atomic mass is 32.2. The molecule has 1 aromatic heterocycles. The number of benzene rings is 1. The third-order valence-electron chi connectivity index (χ3n) is 4.17. The summed E-state index contributed by atoms with van der Waals surface area (Å²) < 4.78 is 37.0. The molecule has 0 bridgehead atoms. The molecule has 11 nitrogen and oxygen atoms in total. The molecule has 29 heavy (non-hydrogen) atoms. The van der Waals surface area contributed by atoms with Crippen LogP contribution in [0.2, 0.25) is 0 Å². The van der Waals surface area contributed by atoms with Gasteiger partial charge >= 0.3 is 16.3 Å². The van der Waals surface area contributed by atoms with Crippen molar-refractivity contribution in [3.8, 4) is 11.5 Å². The van der Waals surface area contributed by atoms with Crippen molar-refractivity contribution in [1.29, 1.82) is 0 Å². The van der Waals surface area contributed by atoms with Crippen LogP contribution in [0, 0.1) is 0 Å². The van der Waals surface area contributed by atoms with Gasteiger partial charge in [-0.25, -0.2) is 19.5 Å². The first-order chi connectivity index (χ1) is 13.8. The minimum Gasteiger partial charge on any atom is -0.493 e. The lowest BCUT2D eigenvalue weighted by Gasteiger charge is -2.20. The number of carboxylic acid groups (broad SMARTS) is 1. The zero-order valence-corrected chi connectivity index (χ0v) is 17.3. The zero-order chi connectivity index (χ0) is 21.4. The summed E-state index contributed by atoms with van der Waals surface area (Å²) in [5, 5.41) is 9.27. The van der Waals surface area contributed by atoms with E-state index in [1.807, 2.05) is 18.0 Å². The number of nitrogens with zero attached hydrogens (tertiary/aromatic N) is 3. The summed E-state index contributed by atoms with van der Waals surface area (Å²) in [6.07, 6.45) is 1.99. The summed E-state index contributed by atoms with van der Waals surface area (Å²) in [7, 11) is 1.03. The molecule has 0 spiro atoms. The lowest BCUT2D eigenvalue weighted by molar-refractivity contribution is 0.201. The molecule has 0 saturated heterocycles. The van der Waals surface area contributed by atoms with E-state index in [1.165, 1.54) is 11.0 Å². The average molecular weight is 427 g/mol. The number of hydrogen-bond donors (Lipinski definition) is 3. The molecule has 2 rings (SSSR count). The van der Waals surface area contributed by atoms with Crippen LogP contribution in [0.4, 0.5) is 10.6 Å². The molecule has 1 amide bonds. The summed E-state index contributed by atoms with van der Waals surface area (Å²) in [6, 6.07) is 3.63. The molecule has 0 aliphatic heterocycles. The molecular formula is C17H25N5O6S. The number of unbranched alkanes of at least 4 members (excludes halogenated alkanes) is 2. The molecule has 0 fully saturated rings. The predicted octanol–water partition coefficient (Wildman–Crippen LogP) is 1.36. The standard InChI is InChI=1S/C17H25N5O6S/c1-22(8-6-4-5-7-20-29(25,26)21-17(23)24)16-12-9-14(27-2)15(28-3)10-13(12)18-11-19-16/h9-11,20-21H,4-8H2,1-3H3,(H,23,24). The largest absolute Gasteiger partial charge is 0.493 e. The van der Waals surface area contributed by atoms with E-state index in [4.69, 9.17) is 14.6 Å². The number of hydrogen-bond acceptors (Lipinski definition) is 8. The summed E-state index contributed by atoms with van der Waals surface area (Å²) in [6.45, 7) is 0.848. The summed E-state index contributed by atoms with van der Waals surface area (Å²) >= 11 is 0. The molecule has 160 valence electrons. The predicted molar refractivity (Wildman–Crippen MR) is 108 cm³/mol. The average Bonchev–Trinajstić information content (AvgIpc) is 2.67. The fourth-order valence-electron chi connectivity index (χ4n) is 2.79. The lowest BCUT2D eigenvalue weighted by Crippen LogP contribution is -2.39. The Kier molecular flexibility index (Phi) is 7.79. The number of anilines is 1. The highest BCUT2D eigenvalue weighted by molar-refractivity contribution is 7.88. The van der Waals surface area contributed by atoms with Gasteiger partial charge in [-0.1, -0.05) is 6.42 Å². The maximum Gasteiger partial charge on any atom is 0.419 e. The van der Waals surface area contributed by atoms with Gasteiger partial charge in [0.2, 0.25) is 0 Å². The van der Waals surface area contributed by atoms with Gasteiger partial charge in [0.1, 0.15) is 12.1 Å². The Hall–Kier alpha value is -2.86. The van der Waals surface area contributed by atoms with Crippen LogP contribution in [-0.2, 0) is 10.2 Å². The van der Waals surface area contributed by atoms with Gasteiger partial charge in [0.05, 0.1) is 19.7 Å². The van der Waals surface area contributed by atoms with Crippen molar-refractivity contribution in [3.05, 3.63) is 18.5 Å². The van der Waals surface area contributed by atoms with Crippen molar-refractivity contribution in [3.63, 3.8) is 0 Å². The van der Waals surface area contributed by atoms with Gasteiger partial charge in [-0.15, -0.1) is 0 Å². The van der Waals surface area contributed by atoms with Gasteiger partial charge in [-0.2, -0.15) is 13.1 Å². The van der Waals surface area contributed by atoms with Crippen LogP contribution in [0.25, 0.3) is 10.9 Å². The van der Waals surface area contributed by atoms with Gasteiger partial charge in [-0.05, 0) is 18.9 Å². The van der Waals surface area contributed by atoms with E-state index in [1.54, 1.807) is 20.3 Å². The van der Waals surface area contributed by atoms with Gasteiger partial charge in [-0.3, -0.25) is 0 Å². The number of ether oxygens (including phenoxy) is 2.